The molecule has 0 bridgehead atoms. The molecule has 0 aliphatic heterocycles. The van der Waals surface area contributed by atoms with Gasteiger partial charge >= 0.3 is 6.18 Å². The molecule has 0 aliphatic carbocycles. The summed E-state index contributed by atoms with van der Waals surface area (Å²) >= 11 is 5.59. The molecule has 1 aromatic heterocycles. The van der Waals surface area contributed by atoms with Crippen LogP contribution in [-0.2, 0) is 22.3 Å². The van der Waals surface area contributed by atoms with Crippen molar-refractivity contribution in [2.24, 2.45) is 0 Å². The minimum absolute atomic E-state index is 0.0424. The van der Waals surface area contributed by atoms with Crippen molar-refractivity contribution in [2.45, 2.75) is 19.7 Å². The molecule has 170 valence electrons. The van der Waals surface area contributed by atoms with Crippen molar-refractivity contribution < 1.29 is 31.9 Å². The number of alkyl halides is 3. The highest BCUT2D eigenvalue weighted by Gasteiger charge is 2.33. The topological polar surface area (TPSA) is 71.8 Å². The number of carbonyl (C=O) groups is 2. The zero-order chi connectivity index (χ0) is 23.5. The van der Waals surface area contributed by atoms with E-state index in [9.17, 15) is 22.8 Å². The van der Waals surface area contributed by atoms with Gasteiger partial charge in [-0.25, -0.2) is 0 Å². The van der Waals surface area contributed by atoms with Crippen LogP contribution in [0.3, 0.4) is 0 Å². The summed E-state index contributed by atoms with van der Waals surface area (Å²) in [6.07, 6.45) is -4.66. The standard InChI is InChI=1S/C22H20ClF3N2O4/c1-3-31-12-15-14-6-4-5-7-18(14)32-20(15)21(30)28(2)11-19(29)27-13-8-9-17(23)16(10-13)22(24,25)26/h4-10H,3,11-12H2,1-2H3,(H,27,29). The molecular weight excluding hydrogens is 449 g/mol. The van der Waals surface area contributed by atoms with Crippen LogP contribution in [0.4, 0.5) is 18.9 Å². The lowest BCUT2D eigenvalue weighted by atomic mass is 10.1. The number of ether oxygens (including phenoxy) is 1. The van der Waals surface area contributed by atoms with Crippen molar-refractivity contribution >= 4 is 40.1 Å². The van der Waals surface area contributed by atoms with Crippen LogP contribution in [0, 0.1) is 0 Å². The Kier molecular flexibility index (Phi) is 7.10. The van der Waals surface area contributed by atoms with Crippen molar-refractivity contribution in [2.75, 3.05) is 25.5 Å². The van der Waals surface area contributed by atoms with E-state index in [2.05, 4.69) is 5.32 Å². The van der Waals surface area contributed by atoms with Gasteiger partial charge < -0.3 is 19.4 Å². The average Bonchev–Trinajstić information content (AvgIpc) is 3.10. The minimum Gasteiger partial charge on any atom is -0.451 e. The number of hydrogen-bond acceptors (Lipinski definition) is 4. The van der Waals surface area contributed by atoms with Crippen LogP contribution >= 0.6 is 11.6 Å². The molecule has 0 atom stereocenters. The van der Waals surface area contributed by atoms with E-state index in [1.165, 1.54) is 13.1 Å². The molecular formula is C22H20ClF3N2O4. The predicted octanol–water partition coefficient (Wildman–Crippen LogP) is 5.35. The number of hydrogen-bond donors (Lipinski definition) is 1. The highest BCUT2D eigenvalue weighted by Crippen LogP contribution is 2.36. The lowest BCUT2D eigenvalue weighted by Gasteiger charge is -2.17. The summed E-state index contributed by atoms with van der Waals surface area (Å²) in [7, 11) is 1.39. The minimum atomic E-state index is -4.66. The molecule has 10 heteroatoms. The molecule has 0 radical (unpaired) electrons. The number of carbonyl (C=O) groups excluding carboxylic acids is 2. The zero-order valence-electron chi connectivity index (χ0n) is 17.3. The largest absolute Gasteiger partial charge is 0.451 e. The van der Waals surface area contributed by atoms with E-state index in [4.69, 9.17) is 20.8 Å². The Morgan fingerprint density at radius 1 is 1.19 bits per heavy atom. The summed E-state index contributed by atoms with van der Waals surface area (Å²) in [6, 6.07) is 10.1. The van der Waals surface area contributed by atoms with Crippen LogP contribution in [0.1, 0.15) is 28.6 Å². The van der Waals surface area contributed by atoms with Crippen molar-refractivity contribution in [3.63, 3.8) is 0 Å². The SMILES string of the molecule is CCOCc1c(C(=O)N(C)CC(=O)Nc2ccc(Cl)c(C(F)(F)F)c2)oc2ccccc12. The molecule has 0 saturated carbocycles. The molecule has 6 nitrogen and oxygen atoms in total. The highest BCUT2D eigenvalue weighted by atomic mass is 35.5. The van der Waals surface area contributed by atoms with E-state index in [0.717, 1.165) is 22.4 Å². The van der Waals surface area contributed by atoms with Gasteiger partial charge in [0.15, 0.2) is 5.76 Å². The lowest BCUT2D eigenvalue weighted by Crippen LogP contribution is -2.35. The van der Waals surface area contributed by atoms with Gasteiger partial charge in [-0.2, -0.15) is 13.2 Å². The number of anilines is 1. The third kappa shape index (κ3) is 5.23. The third-order valence-electron chi connectivity index (χ3n) is 4.63. The number of rotatable bonds is 7. The predicted molar refractivity (Wildman–Crippen MR) is 114 cm³/mol. The number of likely N-dealkylation sites (N-methyl/N-ethyl adjacent to an activating group) is 1. The Hall–Kier alpha value is -3.04. The second kappa shape index (κ2) is 9.62. The van der Waals surface area contributed by atoms with Gasteiger partial charge in [-0.3, -0.25) is 9.59 Å². The number of nitrogens with one attached hydrogen (secondary N) is 1. The van der Waals surface area contributed by atoms with Gasteiger partial charge in [0.2, 0.25) is 5.91 Å². The molecule has 0 fully saturated rings. The van der Waals surface area contributed by atoms with Crippen LogP contribution in [-0.4, -0.2) is 36.9 Å². The first kappa shape index (κ1) is 23.6. The van der Waals surface area contributed by atoms with E-state index >= 15 is 0 Å². The Balaban J connectivity index is 1.76. The highest BCUT2D eigenvalue weighted by molar-refractivity contribution is 6.31. The number of halogens is 4. The van der Waals surface area contributed by atoms with Gasteiger partial charge in [0, 0.05) is 30.3 Å². The summed E-state index contributed by atoms with van der Waals surface area (Å²) in [4.78, 5) is 26.4. The number of amides is 2. The van der Waals surface area contributed by atoms with Gasteiger partial charge in [0.1, 0.15) is 5.58 Å². The quantitative estimate of drug-likeness (QED) is 0.507. The van der Waals surface area contributed by atoms with Crippen LogP contribution in [0.2, 0.25) is 5.02 Å². The average molecular weight is 469 g/mol. The Bertz CT molecular complexity index is 1140. The smallest absolute Gasteiger partial charge is 0.417 e. The van der Waals surface area contributed by atoms with E-state index in [1.807, 2.05) is 6.92 Å². The number of fused-ring (bicyclic) bond motifs is 1. The third-order valence-corrected chi connectivity index (χ3v) is 4.96. The molecule has 2 aromatic carbocycles. The summed E-state index contributed by atoms with van der Waals surface area (Å²) in [5.74, 6) is -1.20. The second-order valence-corrected chi connectivity index (χ2v) is 7.35. The first-order valence-electron chi connectivity index (χ1n) is 9.62. The Morgan fingerprint density at radius 3 is 2.59 bits per heavy atom. The maximum atomic E-state index is 13.0. The van der Waals surface area contributed by atoms with Crippen molar-refractivity contribution in [1.29, 1.82) is 0 Å². The van der Waals surface area contributed by atoms with Gasteiger partial charge in [0.25, 0.3) is 5.91 Å². The maximum absolute atomic E-state index is 13.0. The van der Waals surface area contributed by atoms with Gasteiger partial charge in [-0.15, -0.1) is 0 Å². The molecule has 2 amide bonds. The molecule has 3 aromatic rings. The number of para-hydroxylation sites is 1. The second-order valence-electron chi connectivity index (χ2n) is 6.94. The lowest BCUT2D eigenvalue weighted by molar-refractivity contribution is -0.137. The summed E-state index contributed by atoms with van der Waals surface area (Å²) in [5, 5.41) is 2.60. The maximum Gasteiger partial charge on any atom is 0.417 e. The summed E-state index contributed by atoms with van der Waals surface area (Å²) < 4.78 is 50.2. The van der Waals surface area contributed by atoms with Crippen LogP contribution in [0.5, 0.6) is 0 Å². The van der Waals surface area contributed by atoms with Crippen molar-refractivity contribution in [3.8, 4) is 0 Å². The Labute approximate surface area is 186 Å². The normalized spacial score (nSPS) is 11.6. The molecule has 0 aliphatic rings. The first-order valence-corrected chi connectivity index (χ1v) is 9.99. The molecule has 3 rings (SSSR count). The summed E-state index contributed by atoms with van der Waals surface area (Å²) in [5.41, 5.74) is -0.0888. The molecule has 32 heavy (non-hydrogen) atoms. The fourth-order valence-electron chi connectivity index (χ4n) is 3.10. The van der Waals surface area contributed by atoms with Crippen molar-refractivity contribution in [1.82, 2.24) is 4.90 Å². The van der Waals surface area contributed by atoms with Crippen LogP contribution < -0.4 is 5.32 Å². The molecule has 1 N–H and O–H groups in total. The van der Waals surface area contributed by atoms with Gasteiger partial charge in [-0.1, -0.05) is 29.8 Å². The Morgan fingerprint density at radius 2 is 1.91 bits per heavy atom. The zero-order valence-corrected chi connectivity index (χ0v) is 18.0. The van der Waals surface area contributed by atoms with E-state index < -0.39 is 35.1 Å². The van der Waals surface area contributed by atoms with Gasteiger partial charge in [-0.05, 0) is 31.2 Å². The first-order chi connectivity index (χ1) is 15.1. The number of furan rings is 1. The van der Waals surface area contributed by atoms with E-state index in [1.54, 1.807) is 24.3 Å². The van der Waals surface area contributed by atoms with Crippen LogP contribution in [0.25, 0.3) is 11.0 Å². The van der Waals surface area contributed by atoms with Crippen LogP contribution in [0.15, 0.2) is 46.9 Å². The molecule has 0 spiro atoms. The fourth-order valence-corrected chi connectivity index (χ4v) is 3.33. The fraction of sp³-hybridized carbons (Fsp3) is 0.273. The van der Waals surface area contributed by atoms with E-state index in [0.29, 0.717) is 17.8 Å². The van der Waals surface area contributed by atoms with E-state index in [-0.39, 0.29) is 18.1 Å². The number of nitrogens with zero attached hydrogens (tertiary/aromatic N) is 1. The molecule has 0 unspecified atom stereocenters. The monoisotopic (exact) mass is 468 g/mol. The summed E-state index contributed by atoms with van der Waals surface area (Å²) in [6.45, 7) is 2.00. The molecule has 1 heterocycles. The van der Waals surface area contributed by atoms with Crippen molar-refractivity contribution in [3.05, 3.63) is 64.4 Å². The van der Waals surface area contributed by atoms with Gasteiger partial charge in [0.05, 0.1) is 23.7 Å². The number of benzene rings is 2. The molecule has 0 saturated heterocycles.